The van der Waals surface area contributed by atoms with E-state index in [0.717, 1.165) is 26.5 Å². The molecule has 5 aromatic rings. The molecule has 0 amide bonds. The van der Waals surface area contributed by atoms with Gasteiger partial charge in [0.1, 0.15) is 5.75 Å². The standard InChI is InChI=1S/C28H18BrNO2/c29-20-16-14-19(15-17-20)28(32)26-25(18-8-2-1-3-9-18)21-10-4-6-12-23(21)30-27(26)22-11-5-7-13-24(22)31/h1-17,31H. The molecule has 1 heterocycles. The summed E-state index contributed by atoms with van der Waals surface area (Å²) >= 11 is 3.44. The van der Waals surface area contributed by atoms with Crippen molar-refractivity contribution >= 4 is 32.6 Å². The number of para-hydroxylation sites is 2. The fraction of sp³-hybridized carbons (Fsp3) is 0. The number of hydrogen-bond donors (Lipinski definition) is 1. The molecular formula is C28H18BrNO2. The lowest BCUT2D eigenvalue weighted by Gasteiger charge is -2.18. The highest BCUT2D eigenvalue weighted by atomic mass is 79.9. The molecule has 1 aromatic heterocycles. The number of ketones is 1. The number of benzene rings is 4. The van der Waals surface area contributed by atoms with Gasteiger partial charge in [-0.2, -0.15) is 0 Å². The van der Waals surface area contributed by atoms with Crippen molar-refractivity contribution in [3.63, 3.8) is 0 Å². The minimum atomic E-state index is -0.146. The van der Waals surface area contributed by atoms with E-state index in [1.165, 1.54) is 0 Å². The Morgan fingerprint density at radius 2 is 1.41 bits per heavy atom. The summed E-state index contributed by atoms with van der Waals surface area (Å²) in [4.78, 5) is 18.8. The molecule has 0 unspecified atom stereocenters. The normalized spacial score (nSPS) is 10.9. The second-order valence-corrected chi connectivity index (χ2v) is 8.36. The molecule has 0 atom stereocenters. The van der Waals surface area contributed by atoms with Crippen molar-refractivity contribution in [3.05, 3.63) is 119 Å². The highest BCUT2D eigenvalue weighted by Crippen LogP contribution is 2.40. The minimum absolute atomic E-state index is 0.0825. The summed E-state index contributed by atoms with van der Waals surface area (Å²) in [5, 5.41) is 11.5. The number of carbonyl (C=O) groups excluding carboxylic acids is 1. The van der Waals surface area contributed by atoms with E-state index >= 15 is 0 Å². The second-order valence-electron chi connectivity index (χ2n) is 7.45. The van der Waals surface area contributed by atoms with Crippen molar-refractivity contribution in [2.24, 2.45) is 0 Å². The molecule has 154 valence electrons. The molecule has 0 spiro atoms. The third kappa shape index (κ3) is 3.59. The number of pyridine rings is 1. The van der Waals surface area contributed by atoms with Crippen molar-refractivity contribution < 1.29 is 9.90 Å². The van der Waals surface area contributed by atoms with Crippen LogP contribution in [0.5, 0.6) is 5.75 Å². The number of phenols is 1. The van der Waals surface area contributed by atoms with E-state index in [4.69, 9.17) is 4.98 Å². The number of rotatable bonds is 4. The lowest BCUT2D eigenvalue weighted by atomic mass is 9.87. The molecule has 0 saturated carbocycles. The molecule has 0 fully saturated rings. The van der Waals surface area contributed by atoms with Crippen molar-refractivity contribution in [1.82, 2.24) is 4.98 Å². The van der Waals surface area contributed by atoms with Crippen molar-refractivity contribution in [3.8, 4) is 28.1 Å². The van der Waals surface area contributed by atoms with Gasteiger partial charge in [-0.3, -0.25) is 4.79 Å². The summed E-state index contributed by atoms with van der Waals surface area (Å²) in [7, 11) is 0. The van der Waals surface area contributed by atoms with Crippen LogP contribution in [0.15, 0.2) is 108 Å². The monoisotopic (exact) mass is 479 g/mol. The number of aromatic nitrogens is 1. The van der Waals surface area contributed by atoms with Crippen LogP contribution in [0.1, 0.15) is 15.9 Å². The van der Waals surface area contributed by atoms with Crippen molar-refractivity contribution in [2.75, 3.05) is 0 Å². The van der Waals surface area contributed by atoms with Gasteiger partial charge in [-0.05, 0) is 48.0 Å². The number of halogens is 1. The first-order valence-electron chi connectivity index (χ1n) is 10.2. The Morgan fingerprint density at radius 3 is 2.16 bits per heavy atom. The van der Waals surface area contributed by atoms with Gasteiger partial charge in [0.05, 0.1) is 16.8 Å². The fourth-order valence-electron chi connectivity index (χ4n) is 3.95. The van der Waals surface area contributed by atoms with Crippen molar-refractivity contribution in [2.45, 2.75) is 0 Å². The first kappa shape index (κ1) is 20.2. The van der Waals surface area contributed by atoms with Crippen LogP contribution in [0.2, 0.25) is 0 Å². The maximum absolute atomic E-state index is 14.0. The Bertz CT molecular complexity index is 1440. The highest BCUT2D eigenvalue weighted by Gasteiger charge is 2.25. The lowest BCUT2D eigenvalue weighted by molar-refractivity contribution is 0.104. The predicted molar refractivity (Wildman–Crippen MR) is 132 cm³/mol. The Morgan fingerprint density at radius 1 is 0.750 bits per heavy atom. The molecule has 0 aliphatic heterocycles. The van der Waals surface area contributed by atoms with Gasteiger partial charge in [-0.25, -0.2) is 4.98 Å². The van der Waals surface area contributed by atoms with E-state index in [9.17, 15) is 9.90 Å². The van der Waals surface area contributed by atoms with E-state index in [0.29, 0.717) is 22.4 Å². The molecule has 0 aliphatic rings. The third-order valence-corrected chi connectivity index (χ3v) is 5.98. The van der Waals surface area contributed by atoms with Gasteiger partial charge in [0.15, 0.2) is 5.78 Å². The zero-order chi connectivity index (χ0) is 22.1. The average Bonchev–Trinajstić information content (AvgIpc) is 2.84. The molecule has 1 N–H and O–H groups in total. The number of phenolic OH excluding ortho intramolecular Hbond substituents is 1. The zero-order valence-corrected chi connectivity index (χ0v) is 18.6. The molecule has 32 heavy (non-hydrogen) atoms. The fourth-order valence-corrected chi connectivity index (χ4v) is 4.22. The Kier molecular flexibility index (Phi) is 5.29. The molecular weight excluding hydrogens is 462 g/mol. The van der Waals surface area contributed by atoms with Crippen LogP contribution < -0.4 is 0 Å². The SMILES string of the molecule is O=C(c1ccc(Br)cc1)c1c(-c2ccccc2O)nc2ccccc2c1-c1ccccc1. The number of aromatic hydroxyl groups is 1. The largest absolute Gasteiger partial charge is 0.507 e. The zero-order valence-electron chi connectivity index (χ0n) is 17.0. The van der Waals surface area contributed by atoms with E-state index in [-0.39, 0.29) is 11.5 Å². The van der Waals surface area contributed by atoms with Crippen LogP contribution >= 0.6 is 15.9 Å². The molecule has 0 saturated heterocycles. The van der Waals surface area contributed by atoms with Crippen molar-refractivity contribution in [1.29, 1.82) is 0 Å². The summed E-state index contributed by atoms with van der Waals surface area (Å²) in [6.45, 7) is 0. The summed E-state index contributed by atoms with van der Waals surface area (Å²) in [6.07, 6.45) is 0. The Hall–Kier alpha value is -3.76. The predicted octanol–water partition coefficient (Wildman–Crippen LogP) is 7.27. The first-order valence-corrected chi connectivity index (χ1v) is 11.0. The first-order chi connectivity index (χ1) is 15.6. The van der Waals surface area contributed by atoms with Crippen LogP contribution in [0, 0.1) is 0 Å². The van der Waals surface area contributed by atoms with Crippen LogP contribution in [-0.4, -0.2) is 15.9 Å². The Balaban J connectivity index is 1.92. The van der Waals surface area contributed by atoms with Gasteiger partial charge in [-0.15, -0.1) is 0 Å². The van der Waals surface area contributed by atoms with Crippen LogP contribution in [-0.2, 0) is 0 Å². The van der Waals surface area contributed by atoms with E-state index in [1.54, 1.807) is 30.3 Å². The van der Waals surface area contributed by atoms with Gasteiger partial charge in [0, 0.05) is 26.5 Å². The van der Waals surface area contributed by atoms with Gasteiger partial charge >= 0.3 is 0 Å². The quantitative estimate of drug-likeness (QED) is 0.275. The smallest absolute Gasteiger partial charge is 0.195 e. The topological polar surface area (TPSA) is 50.2 Å². The number of carbonyl (C=O) groups is 1. The molecule has 3 nitrogen and oxygen atoms in total. The lowest BCUT2D eigenvalue weighted by Crippen LogP contribution is -2.09. The molecule has 0 bridgehead atoms. The number of nitrogens with zero attached hydrogens (tertiary/aromatic N) is 1. The van der Waals surface area contributed by atoms with Gasteiger partial charge < -0.3 is 5.11 Å². The molecule has 4 heteroatoms. The van der Waals surface area contributed by atoms with Gasteiger partial charge in [-0.1, -0.05) is 76.6 Å². The average molecular weight is 480 g/mol. The number of hydrogen-bond acceptors (Lipinski definition) is 3. The Labute approximate surface area is 194 Å². The summed E-state index contributed by atoms with van der Waals surface area (Å²) in [6, 6.07) is 31.9. The second kappa shape index (κ2) is 8.40. The van der Waals surface area contributed by atoms with E-state index in [1.807, 2.05) is 72.8 Å². The van der Waals surface area contributed by atoms with Crippen LogP contribution in [0.3, 0.4) is 0 Å². The molecule has 5 rings (SSSR count). The highest BCUT2D eigenvalue weighted by molar-refractivity contribution is 9.10. The van der Waals surface area contributed by atoms with Gasteiger partial charge in [0.25, 0.3) is 0 Å². The number of fused-ring (bicyclic) bond motifs is 1. The van der Waals surface area contributed by atoms with E-state index in [2.05, 4.69) is 15.9 Å². The minimum Gasteiger partial charge on any atom is -0.507 e. The maximum Gasteiger partial charge on any atom is 0.195 e. The molecule has 0 radical (unpaired) electrons. The molecule has 4 aromatic carbocycles. The third-order valence-electron chi connectivity index (χ3n) is 5.45. The summed E-state index contributed by atoms with van der Waals surface area (Å²) in [5.74, 6) is -0.0630. The molecule has 0 aliphatic carbocycles. The summed E-state index contributed by atoms with van der Waals surface area (Å²) < 4.78 is 0.898. The van der Waals surface area contributed by atoms with E-state index < -0.39 is 0 Å². The maximum atomic E-state index is 14.0. The summed E-state index contributed by atoms with van der Waals surface area (Å²) in [5.41, 5.74) is 4.50. The van der Waals surface area contributed by atoms with Crippen LogP contribution in [0.4, 0.5) is 0 Å². The van der Waals surface area contributed by atoms with Crippen LogP contribution in [0.25, 0.3) is 33.3 Å². The van der Waals surface area contributed by atoms with Gasteiger partial charge in [0.2, 0.25) is 0 Å².